The molecule has 1 aliphatic carbocycles. The van der Waals surface area contributed by atoms with Crippen LogP contribution >= 0.6 is 0 Å². The fourth-order valence-corrected chi connectivity index (χ4v) is 2.56. The minimum absolute atomic E-state index is 0.0876. The van der Waals surface area contributed by atoms with Crippen molar-refractivity contribution >= 4 is 5.91 Å². The Morgan fingerprint density at radius 2 is 1.67 bits per heavy atom. The molecule has 4 heteroatoms. The molecule has 0 radical (unpaired) electrons. The second kappa shape index (κ2) is 5.29. The predicted molar refractivity (Wildman–Crippen MR) is 68.7 cm³/mol. The summed E-state index contributed by atoms with van der Waals surface area (Å²) in [7, 11) is 1.79. The molecule has 0 aromatic heterocycles. The zero-order chi connectivity index (χ0) is 13.1. The highest BCUT2D eigenvalue weighted by molar-refractivity contribution is 5.95. The zero-order valence-corrected chi connectivity index (χ0v) is 10.6. The Bertz CT molecular complexity index is 418. The molecule has 1 fully saturated rings. The smallest absolute Gasteiger partial charge is 0.254 e. The number of amides is 1. The number of nitrogens with zero attached hydrogens (tertiary/aromatic N) is 1. The molecule has 0 bridgehead atoms. The first kappa shape index (κ1) is 12.7. The van der Waals surface area contributed by atoms with Crippen LogP contribution < -0.4 is 0 Å². The average molecular weight is 249 g/mol. The van der Waals surface area contributed by atoms with Gasteiger partial charge in [0.1, 0.15) is 11.5 Å². The molecular weight excluding hydrogens is 230 g/mol. The van der Waals surface area contributed by atoms with Crippen molar-refractivity contribution in [2.75, 3.05) is 7.05 Å². The van der Waals surface area contributed by atoms with E-state index in [1.807, 2.05) is 0 Å². The summed E-state index contributed by atoms with van der Waals surface area (Å²) >= 11 is 0. The van der Waals surface area contributed by atoms with Gasteiger partial charge in [-0.05, 0) is 25.0 Å². The second-order valence-corrected chi connectivity index (χ2v) is 4.95. The Hall–Kier alpha value is -1.71. The first-order valence-corrected chi connectivity index (χ1v) is 6.38. The highest BCUT2D eigenvalue weighted by Crippen LogP contribution is 2.25. The average Bonchev–Trinajstić information content (AvgIpc) is 2.37. The van der Waals surface area contributed by atoms with Gasteiger partial charge in [-0.1, -0.05) is 19.3 Å². The lowest BCUT2D eigenvalue weighted by atomic mass is 9.94. The SMILES string of the molecule is CN(C(=O)c1cc(O)cc(O)c1)C1CCCCC1. The molecule has 0 atom stereocenters. The van der Waals surface area contributed by atoms with Crippen LogP contribution in [0.2, 0.25) is 0 Å². The highest BCUT2D eigenvalue weighted by atomic mass is 16.3. The Morgan fingerprint density at radius 1 is 1.11 bits per heavy atom. The van der Waals surface area contributed by atoms with Crippen LogP contribution in [0, 0.1) is 0 Å². The first-order chi connectivity index (χ1) is 8.58. The lowest BCUT2D eigenvalue weighted by molar-refractivity contribution is 0.0695. The molecule has 2 N–H and O–H groups in total. The van der Waals surface area contributed by atoms with E-state index in [-0.39, 0.29) is 23.4 Å². The van der Waals surface area contributed by atoms with Crippen LogP contribution in [0.1, 0.15) is 42.5 Å². The fourth-order valence-electron chi connectivity index (χ4n) is 2.56. The van der Waals surface area contributed by atoms with Crippen molar-refractivity contribution in [2.45, 2.75) is 38.1 Å². The predicted octanol–water partition coefficient (Wildman–Crippen LogP) is 2.50. The van der Waals surface area contributed by atoms with E-state index in [0.717, 1.165) is 25.7 Å². The van der Waals surface area contributed by atoms with Gasteiger partial charge < -0.3 is 15.1 Å². The zero-order valence-electron chi connectivity index (χ0n) is 10.6. The molecule has 1 amide bonds. The van der Waals surface area contributed by atoms with Gasteiger partial charge in [0.05, 0.1) is 0 Å². The van der Waals surface area contributed by atoms with Crippen LogP contribution in [0.15, 0.2) is 18.2 Å². The molecule has 18 heavy (non-hydrogen) atoms. The molecule has 98 valence electrons. The maximum Gasteiger partial charge on any atom is 0.254 e. The number of rotatable bonds is 2. The normalized spacial score (nSPS) is 16.5. The van der Waals surface area contributed by atoms with Gasteiger partial charge in [-0.15, -0.1) is 0 Å². The van der Waals surface area contributed by atoms with E-state index in [1.54, 1.807) is 11.9 Å². The fraction of sp³-hybridized carbons (Fsp3) is 0.500. The third kappa shape index (κ3) is 2.75. The van der Waals surface area contributed by atoms with Crippen molar-refractivity contribution < 1.29 is 15.0 Å². The van der Waals surface area contributed by atoms with E-state index in [9.17, 15) is 15.0 Å². The van der Waals surface area contributed by atoms with Gasteiger partial charge in [-0.2, -0.15) is 0 Å². The van der Waals surface area contributed by atoms with E-state index in [4.69, 9.17) is 0 Å². The summed E-state index contributed by atoms with van der Waals surface area (Å²) in [6.45, 7) is 0. The standard InChI is InChI=1S/C14H19NO3/c1-15(11-5-3-2-4-6-11)14(18)10-7-12(16)9-13(17)8-10/h7-9,11,16-17H,2-6H2,1H3. The largest absolute Gasteiger partial charge is 0.508 e. The number of benzene rings is 1. The van der Waals surface area contributed by atoms with Gasteiger partial charge in [-0.25, -0.2) is 0 Å². The molecule has 0 unspecified atom stereocenters. The van der Waals surface area contributed by atoms with Crippen molar-refractivity contribution in [3.8, 4) is 11.5 Å². The van der Waals surface area contributed by atoms with E-state index >= 15 is 0 Å². The van der Waals surface area contributed by atoms with Crippen LogP contribution in [0.3, 0.4) is 0 Å². The minimum Gasteiger partial charge on any atom is -0.508 e. The van der Waals surface area contributed by atoms with E-state index < -0.39 is 0 Å². The second-order valence-electron chi connectivity index (χ2n) is 4.95. The Balaban J connectivity index is 2.14. The lowest BCUT2D eigenvalue weighted by Gasteiger charge is -2.31. The number of phenolic OH excluding ortho intramolecular Hbond substituents is 2. The Kier molecular flexibility index (Phi) is 3.75. The first-order valence-electron chi connectivity index (χ1n) is 6.38. The van der Waals surface area contributed by atoms with Crippen molar-refractivity contribution in [1.82, 2.24) is 4.90 Å². The maximum atomic E-state index is 12.3. The van der Waals surface area contributed by atoms with Gasteiger partial charge in [0.15, 0.2) is 0 Å². The van der Waals surface area contributed by atoms with Crippen LogP contribution in [-0.2, 0) is 0 Å². The van der Waals surface area contributed by atoms with Crippen LogP contribution in [0.5, 0.6) is 11.5 Å². The quantitative estimate of drug-likeness (QED) is 0.846. The molecule has 1 aromatic carbocycles. The lowest BCUT2D eigenvalue weighted by Crippen LogP contribution is -2.38. The number of phenols is 2. The summed E-state index contributed by atoms with van der Waals surface area (Å²) in [5.41, 5.74) is 0.334. The van der Waals surface area contributed by atoms with Crippen LogP contribution in [-0.4, -0.2) is 34.1 Å². The number of hydrogen-bond acceptors (Lipinski definition) is 3. The molecule has 0 aliphatic heterocycles. The molecule has 4 nitrogen and oxygen atoms in total. The molecule has 1 aliphatic rings. The topological polar surface area (TPSA) is 60.8 Å². The maximum absolute atomic E-state index is 12.3. The van der Waals surface area contributed by atoms with Gasteiger partial charge in [0.25, 0.3) is 5.91 Å². The molecule has 1 saturated carbocycles. The van der Waals surface area contributed by atoms with Gasteiger partial charge in [0, 0.05) is 24.7 Å². The monoisotopic (exact) mass is 249 g/mol. The number of carbonyl (C=O) groups excluding carboxylic acids is 1. The van der Waals surface area contributed by atoms with Gasteiger partial charge >= 0.3 is 0 Å². The highest BCUT2D eigenvalue weighted by Gasteiger charge is 2.23. The Labute approximate surface area is 107 Å². The van der Waals surface area contributed by atoms with Crippen molar-refractivity contribution in [3.63, 3.8) is 0 Å². The third-order valence-electron chi connectivity index (χ3n) is 3.59. The summed E-state index contributed by atoms with van der Waals surface area (Å²) in [4.78, 5) is 14.0. The summed E-state index contributed by atoms with van der Waals surface area (Å²) < 4.78 is 0. The van der Waals surface area contributed by atoms with Crippen LogP contribution in [0.4, 0.5) is 0 Å². The Morgan fingerprint density at radius 3 is 2.22 bits per heavy atom. The van der Waals surface area contributed by atoms with Crippen molar-refractivity contribution in [1.29, 1.82) is 0 Å². The molecular formula is C14H19NO3. The summed E-state index contributed by atoms with van der Waals surface area (Å²) in [5.74, 6) is -0.320. The summed E-state index contributed by atoms with van der Waals surface area (Å²) in [6, 6.07) is 4.27. The molecule has 1 aromatic rings. The molecule has 0 spiro atoms. The van der Waals surface area contributed by atoms with Gasteiger partial charge in [-0.3, -0.25) is 4.79 Å². The van der Waals surface area contributed by atoms with Crippen LogP contribution in [0.25, 0.3) is 0 Å². The van der Waals surface area contributed by atoms with Crippen molar-refractivity contribution in [2.24, 2.45) is 0 Å². The summed E-state index contributed by atoms with van der Waals surface area (Å²) in [5, 5.41) is 18.8. The summed E-state index contributed by atoms with van der Waals surface area (Å²) in [6.07, 6.45) is 5.63. The van der Waals surface area contributed by atoms with E-state index in [0.29, 0.717) is 5.56 Å². The number of aromatic hydroxyl groups is 2. The molecule has 2 rings (SSSR count). The minimum atomic E-state index is -0.145. The molecule has 0 heterocycles. The van der Waals surface area contributed by atoms with Gasteiger partial charge in [0.2, 0.25) is 0 Å². The molecule has 0 saturated heterocycles. The van der Waals surface area contributed by atoms with E-state index in [2.05, 4.69) is 0 Å². The number of carbonyl (C=O) groups is 1. The number of hydrogen-bond donors (Lipinski definition) is 2. The van der Waals surface area contributed by atoms with E-state index in [1.165, 1.54) is 24.6 Å². The third-order valence-corrected chi connectivity index (χ3v) is 3.59. The van der Waals surface area contributed by atoms with Crippen molar-refractivity contribution in [3.05, 3.63) is 23.8 Å².